The Balaban J connectivity index is 1.84. The standard InChI is InChI=1S/C16H17N3O/c20-16(10-13-4-3-7-17-11-13)19-9-8-18-12-14-5-1-2-6-15(14)19/h1-7,11,18H,8-10,12H2. The zero-order valence-electron chi connectivity index (χ0n) is 11.2. The van der Waals surface area contributed by atoms with Crippen molar-refractivity contribution in [2.45, 2.75) is 13.0 Å². The molecule has 0 radical (unpaired) electrons. The minimum atomic E-state index is 0.120. The summed E-state index contributed by atoms with van der Waals surface area (Å²) in [4.78, 5) is 18.5. The Morgan fingerprint density at radius 2 is 2.15 bits per heavy atom. The maximum atomic E-state index is 12.6. The van der Waals surface area contributed by atoms with Gasteiger partial charge in [0.1, 0.15) is 0 Å². The van der Waals surface area contributed by atoms with E-state index in [1.807, 2.05) is 35.2 Å². The average molecular weight is 267 g/mol. The molecular formula is C16H17N3O. The third kappa shape index (κ3) is 2.70. The van der Waals surface area contributed by atoms with Crippen LogP contribution in [0.1, 0.15) is 11.1 Å². The molecule has 4 nitrogen and oxygen atoms in total. The molecule has 1 aromatic carbocycles. The van der Waals surface area contributed by atoms with E-state index in [-0.39, 0.29) is 5.91 Å². The highest BCUT2D eigenvalue weighted by Crippen LogP contribution is 2.22. The Morgan fingerprint density at radius 3 is 3.00 bits per heavy atom. The Bertz CT molecular complexity index is 598. The normalized spacial score (nSPS) is 14.5. The molecule has 3 rings (SSSR count). The summed E-state index contributed by atoms with van der Waals surface area (Å²) in [6.07, 6.45) is 3.86. The monoisotopic (exact) mass is 267 g/mol. The van der Waals surface area contributed by atoms with E-state index in [0.29, 0.717) is 13.0 Å². The molecule has 0 unspecified atom stereocenters. The lowest BCUT2D eigenvalue weighted by Gasteiger charge is -2.22. The quantitative estimate of drug-likeness (QED) is 0.902. The highest BCUT2D eigenvalue weighted by molar-refractivity contribution is 5.95. The van der Waals surface area contributed by atoms with Crippen molar-refractivity contribution in [1.29, 1.82) is 0 Å². The first-order chi connectivity index (χ1) is 9.84. The lowest BCUT2D eigenvalue weighted by molar-refractivity contribution is -0.118. The number of nitrogens with one attached hydrogen (secondary N) is 1. The molecule has 1 amide bonds. The van der Waals surface area contributed by atoms with Gasteiger partial charge in [-0.1, -0.05) is 24.3 Å². The van der Waals surface area contributed by atoms with Gasteiger partial charge in [-0.2, -0.15) is 0 Å². The van der Waals surface area contributed by atoms with Crippen LogP contribution >= 0.6 is 0 Å². The second kappa shape index (κ2) is 5.84. The molecule has 102 valence electrons. The predicted octanol–water partition coefficient (Wildman–Crippen LogP) is 1.76. The van der Waals surface area contributed by atoms with Crippen molar-refractivity contribution in [3.8, 4) is 0 Å². The fraction of sp³-hybridized carbons (Fsp3) is 0.250. The lowest BCUT2D eigenvalue weighted by Crippen LogP contribution is -2.35. The summed E-state index contributed by atoms with van der Waals surface area (Å²) in [6.45, 7) is 2.33. The largest absolute Gasteiger partial charge is 0.311 e. The number of fused-ring (bicyclic) bond motifs is 1. The molecule has 0 bridgehead atoms. The fourth-order valence-electron chi connectivity index (χ4n) is 2.49. The number of benzene rings is 1. The number of nitrogens with zero attached hydrogens (tertiary/aromatic N) is 2. The predicted molar refractivity (Wildman–Crippen MR) is 78.4 cm³/mol. The molecule has 0 fully saturated rings. The van der Waals surface area contributed by atoms with Gasteiger partial charge in [0.15, 0.2) is 0 Å². The van der Waals surface area contributed by atoms with E-state index in [9.17, 15) is 4.79 Å². The number of rotatable bonds is 2. The van der Waals surface area contributed by atoms with Crippen LogP contribution in [0.3, 0.4) is 0 Å². The van der Waals surface area contributed by atoms with Crippen LogP contribution in [-0.2, 0) is 17.8 Å². The molecule has 1 aromatic heterocycles. The van der Waals surface area contributed by atoms with Crippen LogP contribution < -0.4 is 10.2 Å². The van der Waals surface area contributed by atoms with Crippen molar-refractivity contribution < 1.29 is 4.79 Å². The van der Waals surface area contributed by atoms with Crippen molar-refractivity contribution >= 4 is 11.6 Å². The fourth-order valence-corrected chi connectivity index (χ4v) is 2.49. The minimum absolute atomic E-state index is 0.120. The van der Waals surface area contributed by atoms with E-state index < -0.39 is 0 Å². The smallest absolute Gasteiger partial charge is 0.231 e. The van der Waals surface area contributed by atoms with Crippen molar-refractivity contribution in [3.05, 3.63) is 59.9 Å². The van der Waals surface area contributed by atoms with Crippen LogP contribution in [0, 0.1) is 0 Å². The third-order valence-electron chi connectivity index (χ3n) is 3.49. The van der Waals surface area contributed by atoms with E-state index in [1.165, 1.54) is 5.56 Å². The van der Waals surface area contributed by atoms with Crippen molar-refractivity contribution in [3.63, 3.8) is 0 Å². The van der Waals surface area contributed by atoms with Gasteiger partial charge >= 0.3 is 0 Å². The summed E-state index contributed by atoms with van der Waals surface area (Å²) >= 11 is 0. The summed E-state index contributed by atoms with van der Waals surface area (Å²) < 4.78 is 0. The van der Waals surface area contributed by atoms with E-state index in [0.717, 1.165) is 24.3 Å². The number of anilines is 1. The van der Waals surface area contributed by atoms with Gasteiger partial charge in [-0.25, -0.2) is 0 Å². The number of carbonyl (C=O) groups is 1. The van der Waals surface area contributed by atoms with Crippen LogP contribution in [0.2, 0.25) is 0 Å². The summed E-state index contributed by atoms with van der Waals surface area (Å²) in [6, 6.07) is 11.9. The molecule has 1 N–H and O–H groups in total. The first-order valence-electron chi connectivity index (χ1n) is 6.82. The number of pyridine rings is 1. The molecule has 0 atom stereocenters. The van der Waals surface area contributed by atoms with Crippen molar-refractivity contribution in [2.75, 3.05) is 18.0 Å². The molecular weight excluding hydrogens is 250 g/mol. The molecule has 2 heterocycles. The van der Waals surface area contributed by atoms with Crippen molar-refractivity contribution in [2.24, 2.45) is 0 Å². The van der Waals surface area contributed by atoms with Gasteiger partial charge in [0.25, 0.3) is 0 Å². The number of amides is 1. The SMILES string of the molecule is O=C(Cc1cccnc1)N1CCNCc2ccccc21. The third-order valence-corrected chi connectivity index (χ3v) is 3.49. The van der Waals surface area contributed by atoms with Crippen LogP contribution in [0.4, 0.5) is 5.69 Å². The van der Waals surface area contributed by atoms with E-state index in [2.05, 4.69) is 16.4 Å². The number of carbonyl (C=O) groups excluding carboxylic acids is 1. The second-order valence-corrected chi connectivity index (χ2v) is 4.89. The van der Waals surface area contributed by atoms with Gasteiger partial charge in [0, 0.05) is 37.7 Å². The van der Waals surface area contributed by atoms with E-state index in [4.69, 9.17) is 0 Å². The summed E-state index contributed by atoms with van der Waals surface area (Å²) in [5.41, 5.74) is 3.14. The number of para-hydroxylation sites is 1. The minimum Gasteiger partial charge on any atom is -0.311 e. The molecule has 1 aliphatic rings. The van der Waals surface area contributed by atoms with Crippen LogP contribution in [0.5, 0.6) is 0 Å². The van der Waals surface area contributed by atoms with Gasteiger partial charge in [0.2, 0.25) is 5.91 Å². The highest BCUT2D eigenvalue weighted by Gasteiger charge is 2.20. The first-order valence-corrected chi connectivity index (χ1v) is 6.82. The maximum Gasteiger partial charge on any atom is 0.231 e. The number of hydrogen-bond donors (Lipinski definition) is 1. The molecule has 1 aliphatic heterocycles. The molecule has 4 heteroatoms. The van der Waals surface area contributed by atoms with Crippen LogP contribution in [-0.4, -0.2) is 24.0 Å². The Morgan fingerprint density at radius 1 is 1.25 bits per heavy atom. The van der Waals surface area contributed by atoms with Gasteiger partial charge in [-0.05, 0) is 23.3 Å². The van der Waals surface area contributed by atoms with Gasteiger partial charge < -0.3 is 10.2 Å². The molecule has 0 aliphatic carbocycles. The first kappa shape index (κ1) is 12.8. The zero-order chi connectivity index (χ0) is 13.8. The molecule has 20 heavy (non-hydrogen) atoms. The van der Waals surface area contributed by atoms with Gasteiger partial charge in [0.05, 0.1) is 6.42 Å². The zero-order valence-corrected chi connectivity index (χ0v) is 11.2. The van der Waals surface area contributed by atoms with Crippen molar-refractivity contribution in [1.82, 2.24) is 10.3 Å². The molecule has 0 saturated heterocycles. The lowest BCUT2D eigenvalue weighted by atomic mass is 10.1. The second-order valence-electron chi connectivity index (χ2n) is 4.89. The Hall–Kier alpha value is -2.20. The Labute approximate surface area is 118 Å². The number of aromatic nitrogens is 1. The Kier molecular flexibility index (Phi) is 3.74. The topological polar surface area (TPSA) is 45.2 Å². The summed E-state index contributed by atoms with van der Waals surface area (Å²) in [7, 11) is 0. The van der Waals surface area contributed by atoms with Gasteiger partial charge in [-0.15, -0.1) is 0 Å². The average Bonchev–Trinajstić information content (AvgIpc) is 2.70. The van der Waals surface area contributed by atoms with E-state index in [1.54, 1.807) is 12.4 Å². The molecule has 0 spiro atoms. The van der Waals surface area contributed by atoms with E-state index >= 15 is 0 Å². The highest BCUT2D eigenvalue weighted by atomic mass is 16.2. The maximum absolute atomic E-state index is 12.6. The van der Waals surface area contributed by atoms with Crippen LogP contribution in [0.15, 0.2) is 48.8 Å². The molecule has 0 saturated carbocycles. The summed E-state index contributed by atoms with van der Waals surface area (Å²) in [5.74, 6) is 0.120. The summed E-state index contributed by atoms with van der Waals surface area (Å²) in [5, 5.41) is 3.35. The number of hydrogen-bond acceptors (Lipinski definition) is 3. The van der Waals surface area contributed by atoms with Crippen LogP contribution in [0.25, 0.3) is 0 Å². The van der Waals surface area contributed by atoms with Gasteiger partial charge in [-0.3, -0.25) is 9.78 Å². The molecule has 2 aromatic rings.